The van der Waals surface area contributed by atoms with E-state index in [0.29, 0.717) is 0 Å². The largest absolute Gasteiger partial charge is 0.331 e. The smallest absolute Gasteiger partial charge is 0.177 e. The van der Waals surface area contributed by atoms with Crippen LogP contribution in [0.3, 0.4) is 0 Å². The van der Waals surface area contributed by atoms with Gasteiger partial charge in [0.25, 0.3) is 0 Å². The first kappa shape index (κ1) is 11.8. The molecule has 0 unspecified atom stereocenters. The maximum Gasteiger partial charge on any atom is 0.177 e. The Morgan fingerprint density at radius 3 is 2.29 bits per heavy atom. The Kier molecular flexibility index (Phi) is 2.56. The second-order valence-electron chi connectivity index (χ2n) is 5.35. The highest BCUT2D eigenvalue weighted by Crippen LogP contribution is 2.25. The van der Waals surface area contributed by atoms with Crippen molar-refractivity contribution in [2.24, 2.45) is 7.05 Å². The van der Waals surface area contributed by atoms with Crippen LogP contribution in [0.25, 0.3) is 11.5 Å². The van der Waals surface area contributed by atoms with Gasteiger partial charge in [-0.25, -0.2) is 14.6 Å². The summed E-state index contributed by atoms with van der Waals surface area (Å²) in [5.41, 5.74) is 1.92. The van der Waals surface area contributed by atoms with E-state index < -0.39 is 0 Å². The molecule has 0 bridgehead atoms. The predicted molar refractivity (Wildman–Crippen MR) is 66.7 cm³/mol. The Labute approximate surface area is 102 Å². The van der Waals surface area contributed by atoms with E-state index >= 15 is 0 Å². The Morgan fingerprint density at radius 1 is 1.18 bits per heavy atom. The van der Waals surface area contributed by atoms with Crippen molar-refractivity contribution < 1.29 is 0 Å². The lowest BCUT2D eigenvalue weighted by atomic mass is 10.1. The van der Waals surface area contributed by atoms with E-state index in [-0.39, 0.29) is 5.54 Å². The Hall–Kier alpha value is -1.65. The van der Waals surface area contributed by atoms with Gasteiger partial charge in [-0.2, -0.15) is 5.10 Å². The van der Waals surface area contributed by atoms with Gasteiger partial charge >= 0.3 is 0 Å². The number of rotatable bonds is 1. The van der Waals surface area contributed by atoms with Crippen LogP contribution in [0.5, 0.6) is 0 Å². The first-order valence-electron chi connectivity index (χ1n) is 5.73. The standard InChI is InChI=1S/C12H19N5/c1-8-10(16(6)7-13-8)11-14-9(2)15-17(11)12(3,4)5/h7H,1-6H3. The first-order chi connectivity index (χ1) is 7.80. The Morgan fingerprint density at radius 2 is 1.82 bits per heavy atom. The number of nitrogens with zero attached hydrogens (tertiary/aromatic N) is 5. The fraction of sp³-hybridized carbons (Fsp3) is 0.583. The Bertz CT molecular complexity index is 522. The quantitative estimate of drug-likeness (QED) is 0.757. The molecule has 2 rings (SSSR count). The van der Waals surface area contributed by atoms with Crippen LogP contribution in [0.4, 0.5) is 0 Å². The zero-order valence-corrected chi connectivity index (χ0v) is 11.3. The van der Waals surface area contributed by atoms with Gasteiger partial charge in [0, 0.05) is 7.05 Å². The third kappa shape index (κ3) is 1.97. The number of imidazole rings is 1. The maximum atomic E-state index is 4.53. The van der Waals surface area contributed by atoms with Gasteiger partial charge in [0.2, 0.25) is 0 Å². The van der Waals surface area contributed by atoms with E-state index in [1.807, 2.05) is 36.5 Å². The van der Waals surface area contributed by atoms with Gasteiger partial charge < -0.3 is 4.57 Å². The molecule has 0 N–H and O–H groups in total. The van der Waals surface area contributed by atoms with Crippen LogP contribution in [0.15, 0.2) is 6.33 Å². The van der Waals surface area contributed by atoms with Gasteiger partial charge in [-0.05, 0) is 34.6 Å². The molecule has 0 saturated heterocycles. The van der Waals surface area contributed by atoms with Crippen LogP contribution in [-0.4, -0.2) is 24.3 Å². The average molecular weight is 233 g/mol. The lowest BCUT2D eigenvalue weighted by Gasteiger charge is -2.21. The fourth-order valence-corrected chi connectivity index (χ4v) is 1.90. The van der Waals surface area contributed by atoms with Crippen molar-refractivity contribution in [1.29, 1.82) is 0 Å². The highest BCUT2D eigenvalue weighted by molar-refractivity contribution is 5.54. The molecule has 0 aliphatic carbocycles. The molecule has 2 aromatic heterocycles. The summed E-state index contributed by atoms with van der Waals surface area (Å²) in [7, 11) is 1.98. The van der Waals surface area contributed by atoms with Crippen LogP contribution in [0, 0.1) is 13.8 Å². The van der Waals surface area contributed by atoms with E-state index in [4.69, 9.17) is 0 Å². The third-order valence-electron chi connectivity index (χ3n) is 2.68. The second kappa shape index (κ2) is 3.68. The molecule has 92 valence electrons. The monoisotopic (exact) mass is 233 g/mol. The predicted octanol–water partition coefficient (Wildman–Crippen LogP) is 2.05. The van der Waals surface area contributed by atoms with Gasteiger partial charge in [0.1, 0.15) is 11.5 Å². The summed E-state index contributed by atoms with van der Waals surface area (Å²) >= 11 is 0. The third-order valence-corrected chi connectivity index (χ3v) is 2.68. The number of aromatic nitrogens is 5. The molecular weight excluding hydrogens is 214 g/mol. The van der Waals surface area contributed by atoms with Gasteiger partial charge in [0.05, 0.1) is 17.6 Å². The van der Waals surface area contributed by atoms with E-state index in [2.05, 4.69) is 35.8 Å². The van der Waals surface area contributed by atoms with Gasteiger partial charge in [-0.15, -0.1) is 0 Å². The molecule has 2 aromatic rings. The first-order valence-corrected chi connectivity index (χ1v) is 5.73. The molecule has 0 spiro atoms. The number of aryl methyl sites for hydroxylation is 3. The molecule has 0 aromatic carbocycles. The van der Waals surface area contributed by atoms with Crippen LogP contribution in [-0.2, 0) is 12.6 Å². The average Bonchev–Trinajstić information content (AvgIpc) is 2.69. The molecule has 0 aliphatic heterocycles. The minimum absolute atomic E-state index is 0.0900. The normalized spacial score (nSPS) is 12.1. The van der Waals surface area contributed by atoms with Crippen LogP contribution in [0.2, 0.25) is 0 Å². The fourth-order valence-electron chi connectivity index (χ4n) is 1.90. The maximum absolute atomic E-state index is 4.53. The summed E-state index contributed by atoms with van der Waals surface area (Å²) in [4.78, 5) is 8.84. The van der Waals surface area contributed by atoms with Crippen LogP contribution in [0.1, 0.15) is 32.3 Å². The highest BCUT2D eigenvalue weighted by atomic mass is 15.4. The molecule has 0 amide bonds. The van der Waals surface area contributed by atoms with Gasteiger partial charge in [0.15, 0.2) is 5.82 Å². The van der Waals surface area contributed by atoms with Crippen molar-refractivity contribution >= 4 is 0 Å². The van der Waals surface area contributed by atoms with Gasteiger partial charge in [-0.3, -0.25) is 0 Å². The van der Waals surface area contributed by atoms with E-state index in [9.17, 15) is 0 Å². The SMILES string of the molecule is Cc1nc(-c2c(C)ncn2C)n(C(C)(C)C)n1. The topological polar surface area (TPSA) is 48.5 Å². The molecule has 17 heavy (non-hydrogen) atoms. The van der Waals surface area contributed by atoms with Crippen molar-refractivity contribution in [3.8, 4) is 11.5 Å². The summed E-state index contributed by atoms with van der Waals surface area (Å²) in [5, 5.41) is 4.48. The Balaban J connectivity index is 2.68. The van der Waals surface area contributed by atoms with Crippen molar-refractivity contribution in [1.82, 2.24) is 24.3 Å². The van der Waals surface area contributed by atoms with Crippen LogP contribution >= 0.6 is 0 Å². The summed E-state index contributed by atoms with van der Waals surface area (Å²) in [6, 6.07) is 0. The number of hydrogen-bond acceptors (Lipinski definition) is 3. The molecule has 0 saturated carbocycles. The van der Waals surface area contributed by atoms with Crippen LogP contribution < -0.4 is 0 Å². The molecule has 0 radical (unpaired) electrons. The molecule has 2 heterocycles. The van der Waals surface area contributed by atoms with E-state index in [0.717, 1.165) is 23.0 Å². The van der Waals surface area contributed by atoms with Crippen molar-refractivity contribution in [3.05, 3.63) is 17.8 Å². The van der Waals surface area contributed by atoms with Gasteiger partial charge in [-0.1, -0.05) is 0 Å². The van der Waals surface area contributed by atoms with Crippen molar-refractivity contribution in [3.63, 3.8) is 0 Å². The zero-order chi connectivity index (χ0) is 12.8. The highest BCUT2D eigenvalue weighted by Gasteiger charge is 2.23. The lowest BCUT2D eigenvalue weighted by Crippen LogP contribution is -2.24. The summed E-state index contributed by atoms with van der Waals surface area (Å²) in [5.74, 6) is 1.67. The molecular formula is C12H19N5. The molecule has 0 fully saturated rings. The molecule has 0 atom stereocenters. The molecule has 5 nitrogen and oxygen atoms in total. The minimum Gasteiger partial charge on any atom is -0.331 e. The second-order valence-corrected chi connectivity index (χ2v) is 5.35. The van der Waals surface area contributed by atoms with Crippen molar-refractivity contribution in [2.75, 3.05) is 0 Å². The summed E-state index contributed by atoms with van der Waals surface area (Å²) in [6.45, 7) is 10.3. The molecule has 0 aliphatic rings. The summed E-state index contributed by atoms with van der Waals surface area (Å²) < 4.78 is 3.95. The molecule has 5 heteroatoms. The lowest BCUT2D eigenvalue weighted by molar-refractivity contribution is 0.357. The zero-order valence-electron chi connectivity index (χ0n) is 11.3. The summed E-state index contributed by atoms with van der Waals surface area (Å²) in [6.07, 6.45) is 1.81. The minimum atomic E-state index is -0.0900. The number of hydrogen-bond donors (Lipinski definition) is 0. The van der Waals surface area contributed by atoms with E-state index in [1.165, 1.54) is 0 Å². The van der Waals surface area contributed by atoms with E-state index in [1.54, 1.807) is 0 Å². The van der Waals surface area contributed by atoms with Crippen molar-refractivity contribution in [2.45, 2.75) is 40.2 Å².